The molecule has 110 valence electrons. The molecule has 3 N–H and O–H groups in total. The lowest BCUT2D eigenvalue weighted by atomic mass is 9.79. The normalized spacial score (nSPS) is 26.6. The maximum absolute atomic E-state index is 5.92. The molecule has 1 fully saturated rings. The van der Waals surface area contributed by atoms with Gasteiger partial charge in [-0.2, -0.15) is 0 Å². The zero-order valence-electron chi connectivity index (χ0n) is 12.5. The molecule has 0 aromatic heterocycles. The lowest BCUT2D eigenvalue weighted by Gasteiger charge is -2.48. The molecule has 0 spiro atoms. The summed E-state index contributed by atoms with van der Waals surface area (Å²) in [6.07, 6.45) is 8.51. The highest BCUT2D eigenvalue weighted by Gasteiger charge is 2.40. The topological polar surface area (TPSA) is 50.5 Å². The third-order valence-corrected chi connectivity index (χ3v) is 4.93. The predicted molar refractivity (Wildman–Crippen MR) is 78.8 cm³/mol. The Morgan fingerprint density at radius 3 is 2.68 bits per heavy atom. The van der Waals surface area contributed by atoms with E-state index in [9.17, 15) is 0 Å². The van der Waals surface area contributed by atoms with Crippen LogP contribution in [-0.4, -0.2) is 42.8 Å². The Morgan fingerprint density at radius 2 is 2.16 bits per heavy atom. The molecule has 19 heavy (non-hydrogen) atoms. The van der Waals surface area contributed by atoms with E-state index in [1.807, 2.05) is 0 Å². The van der Waals surface area contributed by atoms with Crippen molar-refractivity contribution in [2.24, 2.45) is 5.84 Å². The van der Waals surface area contributed by atoms with Gasteiger partial charge in [-0.15, -0.1) is 0 Å². The Bertz CT molecular complexity index is 313. The predicted octanol–water partition coefficient (Wildman–Crippen LogP) is 1.82. The monoisotopic (exact) mass is 267 g/mol. The van der Waals surface area contributed by atoms with E-state index < -0.39 is 0 Å². The van der Waals surface area contributed by atoms with Crippen molar-refractivity contribution in [3.63, 3.8) is 0 Å². The minimum absolute atomic E-state index is 0.0850. The van der Waals surface area contributed by atoms with Gasteiger partial charge in [0.25, 0.3) is 0 Å². The van der Waals surface area contributed by atoms with E-state index in [0.717, 1.165) is 32.7 Å². The summed E-state index contributed by atoms with van der Waals surface area (Å²) >= 11 is 0. The zero-order chi connectivity index (χ0) is 13.7. The van der Waals surface area contributed by atoms with Crippen LogP contribution in [0.3, 0.4) is 0 Å². The van der Waals surface area contributed by atoms with Gasteiger partial charge in [-0.25, -0.2) is 0 Å². The van der Waals surface area contributed by atoms with Crippen LogP contribution in [0, 0.1) is 0 Å². The van der Waals surface area contributed by atoms with Gasteiger partial charge in [0.15, 0.2) is 0 Å². The molecule has 2 rings (SSSR count). The van der Waals surface area contributed by atoms with Crippen LogP contribution in [0.1, 0.15) is 46.0 Å². The van der Waals surface area contributed by atoms with Crippen molar-refractivity contribution >= 4 is 0 Å². The summed E-state index contributed by atoms with van der Waals surface area (Å²) in [6, 6.07) is 0.260. The molecule has 2 unspecified atom stereocenters. The molecular formula is C15H29N3O. The van der Waals surface area contributed by atoms with Gasteiger partial charge in [0.2, 0.25) is 0 Å². The Morgan fingerprint density at radius 1 is 1.42 bits per heavy atom. The Hall–Kier alpha value is -0.420. The van der Waals surface area contributed by atoms with E-state index in [-0.39, 0.29) is 11.6 Å². The van der Waals surface area contributed by atoms with Crippen molar-refractivity contribution in [3.05, 3.63) is 11.6 Å². The standard InChI is InChI=1S/C15H29N3O/c1-3-15(2,18-9-11-19-12-10-18)14(17-16)13-7-5-4-6-8-13/h7,14,17H,3-6,8-12,16H2,1-2H3. The van der Waals surface area contributed by atoms with Crippen LogP contribution >= 0.6 is 0 Å². The average Bonchev–Trinajstić information content (AvgIpc) is 2.49. The van der Waals surface area contributed by atoms with Crippen molar-refractivity contribution in [1.29, 1.82) is 0 Å². The van der Waals surface area contributed by atoms with Gasteiger partial charge in [-0.1, -0.05) is 18.6 Å². The molecule has 4 nitrogen and oxygen atoms in total. The summed E-state index contributed by atoms with van der Waals surface area (Å²) in [6.45, 7) is 8.31. The van der Waals surface area contributed by atoms with E-state index in [0.29, 0.717) is 0 Å². The van der Waals surface area contributed by atoms with Crippen molar-refractivity contribution in [1.82, 2.24) is 10.3 Å². The van der Waals surface area contributed by atoms with Crippen molar-refractivity contribution in [3.8, 4) is 0 Å². The zero-order valence-corrected chi connectivity index (χ0v) is 12.5. The third kappa shape index (κ3) is 3.19. The summed E-state index contributed by atoms with van der Waals surface area (Å²) in [5.41, 5.74) is 4.70. The molecule has 0 bridgehead atoms. The molecule has 1 heterocycles. The molecule has 2 aliphatic rings. The van der Waals surface area contributed by atoms with Gasteiger partial charge in [-0.3, -0.25) is 16.2 Å². The van der Waals surface area contributed by atoms with Crippen molar-refractivity contribution < 1.29 is 4.74 Å². The van der Waals surface area contributed by atoms with Gasteiger partial charge in [0, 0.05) is 18.6 Å². The molecule has 2 atom stereocenters. The highest BCUT2D eigenvalue weighted by Crippen LogP contribution is 2.32. The molecule has 0 saturated carbocycles. The van der Waals surface area contributed by atoms with E-state index in [1.54, 1.807) is 0 Å². The number of nitrogens with two attached hydrogens (primary N) is 1. The second-order valence-corrected chi connectivity index (χ2v) is 5.93. The number of nitrogens with zero attached hydrogens (tertiary/aromatic N) is 1. The summed E-state index contributed by atoms with van der Waals surface area (Å²) in [5, 5.41) is 0. The molecule has 0 aromatic carbocycles. The first-order chi connectivity index (χ1) is 9.22. The summed E-state index contributed by atoms with van der Waals surface area (Å²) in [4.78, 5) is 2.55. The minimum atomic E-state index is 0.0850. The van der Waals surface area contributed by atoms with Gasteiger partial charge in [0.1, 0.15) is 0 Å². The Kier molecular flexibility index (Phi) is 5.39. The summed E-state index contributed by atoms with van der Waals surface area (Å²) in [5.74, 6) is 5.92. The van der Waals surface area contributed by atoms with Crippen LogP contribution in [-0.2, 0) is 4.74 Å². The highest BCUT2D eigenvalue weighted by molar-refractivity contribution is 5.20. The van der Waals surface area contributed by atoms with Crippen molar-refractivity contribution in [2.75, 3.05) is 26.3 Å². The maximum Gasteiger partial charge on any atom is 0.0601 e. The first-order valence-corrected chi connectivity index (χ1v) is 7.70. The molecule has 0 amide bonds. The van der Waals surface area contributed by atoms with Crippen LogP contribution in [0.15, 0.2) is 11.6 Å². The second-order valence-electron chi connectivity index (χ2n) is 5.93. The molecule has 0 radical (unpaired) electrons. The van der Waals surface area contributed by atoms with Crippen LogP contribution in [0.5, 0.6) is 0 Å². The second kappa shape index (κ2) is 6.84. The number of rotatable bonds is 5. The van der Waals surface area contributed by atoms with Crippen LogP contribution in [0.25, 0.3) is 0 Å². The number of ether oxygens (including phenoxy) is 1. The van der Waals surface area contributed by atoms with E-state index in [2.05, 4.69) is 30.2 Å². The van der Waals surface area contributed by atoms with Crippen molar-refractivity contribution in [2.45, 2.75) is 57.5 Å². The number of hydrazine groups is 1. The fourth-order valence-corrected chi connectivity index (χ4v) is 3.50. The smallest absolute Gasteiger partial charge is 0.0601 e. The lowest BCUT2D eigenvalue weighted by Crippen LogP contribution is -2.63. The van der Waals surface area contributed by atoms with Gasteiger partial charge in [0.05, 0.1) is 19.3 Å². The van der Waals surface area contributed by atoms with Gasteiger partial charge in [-0.05, 0) is 39.0 Å². The Labute approximate surface area is 117 Å². The fourth-order valence-electron chi connectivity index (χ4n) is 3.50. The molecule has 1 aliphatic heterocycles. The average molecular weight is 267 g/mol. The first kappa shape index (κ1) is 15.0. The largest absolute Gasteiger partial charge is 0.379 e. The fraction of sp³-hybridized carbons (Fsp3) is 0.867. The molecule has 0 aromatic rings. The van der Waals surface area contributed by atoms with E-state index in [4.69, 9.17) is 10.6 Å². The van der Waals surface area contributed by atoms with Gasteiger partial charge >= 0.3 is 0 Å². The number of hydrogen-bond donors (Lipinski definition) is 2. The number of nitrogens with one attached hydrogen (secondary N) is 1. The minimum Gasteiger partial charge on any atom is -0.379 e. The summed E-state index contributed by atoms with van der Waals surface area (Å²) in [7, 11) is 0. The SMILES string of the molecule is CCC(C)(C(NN)C1=CCCCC1)N1CCOCC1. The van der Waals surface area contributed by atoms with Crippen LogP contribution < -0.4 is 11.3 Å². The molecule has 1 saturated heterocycles. The van der Waals surface area contributed by atoms with Crippen LogP contribution in [0.2, 0.25) is 0 Å². The van der Waals surface area contributed by atoms with Gasteiger partial charge < -0.3 is 4.74 Å². The number of morpholine rings is 1. The van der Waals surface area contributed by atoms with E-state index >= 15 is 0 Å². The third-order valence-electron chi connectivity index (χ3n) is 4.93. The number of allylic oxidation sites excluding steroid dienone is 1. The maximum atomic E-state index is 5.92. The Balaban J connectivity index is 2.18. The number of hydrogen-bond acceptors (Lipinski definition) is 4. The molecular weight excluding hydrogens is 238 g/mol. The van der Waals surface area contributed by atoms with E-state index in [1.165, 1.54) is 31.3 Å². The quantitative estimate of drug-likeness (QED) is 0.453. The molecule has 4 heteroatoms. The molecule has 1 aliphatic carbocycles. The highest BCUT2D eigenvalue weighted by atomic mass is 16.5. The lowest BCUT2D eigenvalue weighted by molar-refractivity contribution is -0.0280. The summed E-state index contributed by atoms with van der Waals surface area (Å²) < 4.78 is 5.49. The van der Waals surface area contributed by atoms with Crippen LogP contribution in [0.4, 0.5) is 0 Å². The first-order valence-electron chi connectivity index (χ1n) is 7.70.